The number of rotatable bonds is 1. The Morgan fingerprint density at radius 1 is 0.295 bits per heavy atom. The molecule has 61 heavy (non-hydrogen) atoms. The molecular formula is C6H12Na14O34S7. The van der Waals surface area contributed by atoms with Gasteiger partial charge in [0.2, 0.25) is 0 Å². The first-order valence-corrected chi connectivity index (χ1v) is 17.6. The van der Waals surface area contributed by atoms with Crippen LogP contribution in [0.4, 0.5) is 0 Å². The van der Waals surface area contributed by atoms with E-state index >= 15 is 0 Å². The summed E-state index contributed by atoms with van der Waals surface area (Å²) in [6, 6.07) is 0. The fourth-order valence-corrected chi connectivity index (χ4v) is 1.08. The van der Waals surface area contributed by atoms with Crippen LogP contribution in [0.2, 0.25) is 0 Å². The normalized spacial score (nSPS) is 16.3. The van der Waals surface area contributed by atoms with Crippen molar-refractivity contribution in [2.75, 3.05) is 6.61 Å². The zero-order chi connectivity index (χ0) is 40.8. The second-order valence-electron chi connectivity index (χ2n) is 5.58. The minimum absolute atomic E-state index is 0. The van der Waals surface area contributed by atoms with E-state index in [-0.39, 0.29) is 414 Å². The van der Waals surface area contributed by atoms with Crippen molar-refractivity contribution >= 4 is 72.8 Å². The Balaban J connectivity index is -0.0000000157. The summed E-state index contributed by atoms with van der Waals surface area (Å²) in [6.07, 6.45) is -7.04. The molecule has 1 unspecified atom stereocenters. The Morgan fingerprint density at radius 2 is 0.410 bits per heavy atom. The third kappa shape index (κ3) is 301. The molecule has 55 heteroatoms. The number of ether oxygens (including phenoxy) is 1. The minimum Gasteiger partial charge on any atom is -0.759 e. The molecule has 1 fully saturated rings. The summed E-state index contributed by atoms with van der Waals surface area (Å²) >= 11 is 0. The van der Waals surface area contributed by atoms with Gasteiger partial charge in [-0.2, -0.15) is 0 Å². The molecule has 0 aromatic carbocycles. The van der Waals surface area contributed by atoms with Gasteiger partial charge in [0, 0.05) is 72.8 Å². The van der Waals surface area contributed by atoms with Crippen molar-refractivity contribution in [1.29, 1.82) is 0 Å². The Morgan fingerprint density at radius 3 is 0.508 bits per heavy atom. The third-order valence-corrected chi connectivity index (χ3v) is 1.87. The summed E-state index contributed by atoms with van der Waals surface area (Å²) in [5, 5.41) is 44.7. The van der Waals surface area contributed by atoms with Crippen molar-refractivity contribution in [3.8, 4) is 0 Å². The standard InChI is InChI=1S/C6H12O6.14Na.7H2O4S/c7-1-2-3(8)4(9)5(10)6(11)12-2;;;;;;;;;;;;;;;7*1-5(2,3)4/h2-11H,1H2;;;;;;;;;;;;;;;7*(H2,1,2,3,4)/q;14*+1;;;;;;;/p-14/t2-,3-,4+,5-,6?;;;;;;;;;;;;;;;;;;;;;/m1...................../s1. The summed E-state index contributed by atoms with van der Waals surface area (Å²) in [5.41, 5.74) is 0. The van der Waals surface area contributed by atoms with Gasteiger partial charge in [0.05, 0.1) is 6.61 Å². The Labute approximate surface area is 660 Å². The molecule has 0 aliphatic carbocycles. The molecular weight excluding hydrogens is 1160 g/mol. The molecule has 1 saturated heterocycles. The van der Waals surface area contributed by atoms with Crippen LogP contribution < -0.4 is 414 Å². The fourth-order valence-electron chi connectivity index (χ4n) is 1.08. The summed E-state index contributed by atoms with van der Waals surface area (Å²) in [6.45, 7) is -0.526. The zero-order valence-corrected chi connectivity index (χ0v) is 68.2. The van der Waals surface area contributed by atoms with E-state index in [1.54, 1.807) is 0 Å². The molecule has 0 aromatic rings. The van der Waals surface area contributed by atoms with Crippen molar-refractivity contribution in [1.82, 2.24) is 0 Å². The molecule has 5 N–H and O–H groups in total. The van der Waals surface area contributed by atoms with E-state index in [1.165, 1.54) is 0 Å². The van der Waals surface area contributed by atoms with Crippen molar-refractivity contribution in [2.45, 2.75) is 30.7 Å². The molecule has 1 rings (SSSR count). The average Bonchev–Trinajstić information content (AvgIpc) is 2.60. The van der Waals surface area contributed by atoms with Crippen molar-refractivity contribution in [3.63, 3.8) is 0 Å². The average molecular weight is 1170 g/mol. The van der Waals surface area contributed by atoms with Crippen molar-refractivity contribution in [2.24, 2.45) is 0 Å². The third-order valence-electron chi connectivity index (χ3n) is 1.87. The maximum absolute atomic E-state index is 9.12. The predicted molar refractivity (Wildman–Crippen MR) is 109 cm³/mol. The maximum atomic E-state index is 9.12. The van der Waals surface area contributed by atoms with Gasteiger partial charge in [-0.25, -0.2) is 0 Å². The van der Waals surface area contributed by atoms with Crippen LogP contribution in [0.5, 0.6) is 0 Å². The predicted octanol–water partition coefficient (Wildman–Crippen LogP) is -54.5. The largest absolute Gasteiger partial charge is 1.00 e. The van der Waals surface area contributed by atoms with E-state index in [2.05, 4.69) is 4.74 Å². The van der Waals surface area contributed by atoms with E-state index < -0.39 is 110 Å². The number of aliphatic hydroxyl groups excluding tert-OH is 5. The first-order chi connectivity index (χ1) is 19.6. The first-order valence-electron chi connectivity index (χ1n) is 8.23. The maximum Gasteiger partial charge on any atom is 1.00 e. The molecule has 1 aliphatic rings. The zero-order valence-electron chi connectivity index (χ0n) is 34.5. The van der Waals surface area contributed by atoms with Crippen LogP contribution in [0.3, 0.4) is 0 Å². The van der Waals surface area contributed by atoms with Crippen molar-refractivity contribution in [3.05, 3.63) is 0 Å². The van der Waals surface area contributed by atoms with Crippen LogP contribution in [-0.2, 0) is 77.5 Å². The van der Waals surface area contributed by atoms with Crippen LogP contribution in [-0.4, -0.2) is 186 Å². The minimum atomic E-state index is -5.17. The van der Waals surface area contributed by atoms with Gasteiger partial charge < -0.3 is 94.0 Å². The second kappa shape index (κ2) is 72.8. The van der Waals surface area contributed by atoms with Gasteiger partial charge in [0.15, 0.2) is 6.29 Å². The number of aliphatic hydroxyl groups is 5. The van der Waals surface area contributed by atoms with Crippen LogP contribution in [0, 0.1) is 0 Å². The molecule has 0 radical (unpaired) electrons. The van der Waals surface area contributed by atoms with Crippen LogP contribution in [0.15, 0.2) is 0 Å². The monoisotopic (exact) mass is 1170 g/mol. The van der Waals surface area contributed by atoms with E-state index in [9.17, 15) is 0 Å². The Bertz CT molecular complexity index is 1250. The molecule has 0 amide bonds. The molecule has 1 heterocycles. The van der Waals surface area contributed by atoms with E-state index in [1.807, 2.05) is 0 Å². The summed E-state index contributed by atoms with van der Waals surface area (Å²) in [5.74, 6) is 0. The van der Waals surface area contributed by atoms with Crippen LogP contribution in [0.1, 0.15) is 0 Å². The van der Waals surface area contributed by atoms with Crippen LogP contribution in [0.25, 0.3) is 0 Å². The molecule has 296 valence electrons. The molecule has 0 saturated carbocycles. The van der Waals surface area contributed by atoms with Gasteiger partial charge in [-0.3, -0.25) is 58.9 Å². The molecule has 5 atom stereocenters. The summed E-state index contributed by atoms with van der Waals surface area (Å²) < 4.78 is 243. The smallest absolute Gasteiger partial charge is 0.759 e. The quantitative estimate of drug-likeness (QED) is 0.0924. The SMILES string of the molecule is O=S(=O)([O-])[O-].O=S(=O)([O-])[O-].O=S(=O)([O-])[O-].O=S(=O)([O-])[O-].O=S(=O)([O-])[O-].O=S(=O)([O-])[O-].O=S(=O)([O-])[O-].OC[C@H]1OC(O)[C@H](O)[C@@H](O)[C@@H]1O.[Na+].[Na+].[Na+].[Na+].[Na+].[Na+].[Na+].[Na+].[Na+].[Na+].[Na+].[Na+].[Na+].[Na+]. The molecule has 0 bridgehead atoms. The van der Waals surface area contributed by atoms with E-state index in [0.29, 0.717) is 0 Å². The van der Waals surface area contributed by atoms with Crippen molar-refractivity contribution < 1.29 is 567 Å². The topological polar surface area (TPSA) is 672 Å². The number of hydrogen-bond acceptors (Lipinski definition) is 34. The van der Waals surface area contributed by atoms with E-state index in [0.717, 1.165) is 0 Å². The Hall–Kier alpha value is 12.8. The molecule has 1 aliphatic heterocycles. The fraction of sp³-hybridized carbons (Fsp3) is 1.00. The van der Waals surface area contributed by atoms with Gasteiger partial charge in [-0.05, 0) is 0 Å². The first kappa shape index (κ1) is 140. The molecule has 0 aromatic heterocycles. The van der Waals surface area contributed by atoms with Crippen LogP contribution >= 0.6 is 0 Å². The summed E-state index contributed by atoms with van der Waals surface area (Å²) in [4.78, 5) is 0. The van der Waals surface area contributed by atoms with Gasteiger partial charge in [0.25, 0.3) is 0 Å². The molecule has 0 spiro atoms. The molecule has 34 nitrogen and oxygen atoms in total. The second-order valence-corrected chi connectivity index (χ2v) is 11.3. The summed E-state index contributed by atoms with van der Waals surface area (Å²) in [7, 11) is -36.2. The van der Waals surface area contributed by atoms with Gasteiger partial charge in [-0.15, -0.1) is 0 Å². The van der Waals surface area contributed by atoms with E-state index in [4.69, 9.17) is 148 Å². The van der Waals surface area contributed by atoms with Gasteiger partial charge in [-0.1, -0.05) is 0 Å². The van der Waals surface area contributed by atoms with Gasteiger partial charge >= 0.3 is 414 Å². The van der Waals surface area contributed by atoms with Gasteiger partial charge in [0.1, 0.15) is 24.4 Å². The number of hydrogen-bond donors (Lipinski definition) is 5. The Kier molecular flexibility index (Phi) is 168.